The Bertz CT molecular complexity index is 284. The highest BCUT2D eigenvalue weighted by Crippen LogP contribution is 2.28. The Labute approximate surface area is 90.9 Å². The van der Waals surface area contributed by atoms with Crippen molar-refractivity contribution in [2.45, 2.75) is 32.0 Å². The number of benzene rings is 1. The molecule has 1 aliphatic carbocycles. The molecule has 0 bridgehead atoms. The van der Waals surface area contributed by atoms with Gasteiger partial charge in [-0.2, -0.15) is 0 Å². The van der Waals surface area contributed by atoms with Gasteiger partial charge in [-0.05, 0) is 18.4 Å². The van der Waals surface area contributed by atoms with Crippen LogP contribution < -0.4 is 0 Å². The molecule has 2 atom stereocenters. The lowest BCUT2D eigenvalue weighted by Crippen LogP contribution is -2.20. The molecular formula is C13H18O2. The number of aliphatic hydroxyl groups is 1. The number of aliphatic hydroxyl groups excluding tert-OH is 1. The lowest BCUT2D eigenvalue weighted by Gasteiger charge is -2.18. The molecule has 1 aliphatic rings. The molecule has 2 rings (SSSR count). The van der Waals surface area contributed by atoms with Crippen LogP contribution in [0.4, 0.5) is 0 Å². The number of ether oxygens (including phenoxy) is 1. The second kappa shape index (κ2) is 5.29. The summed E-state index contributed by atoms with van der Waals surface area (Å²) in [6.07, 6.45) is 3.65. The van der Waals surface area contributed by atoms with Gasteiger partial charge >= 0.3 is 0 Å². The summed E-state index contributed by atoms with van der Waals surface area (Å²) in [4.78, 5) is 0. The standard InChI is InChI=1S/C13H18O2/c14-9-12-7-4-8-13(12)15-10-11-5-2-1-3-6-11/h1-3,5-6,12-14H,4,7-10H2/t12-,13?/m0/s1. The van der Waals surface area contributed by atoms with Gasteiger partial charge in [0.15, 0.2) is 0 Å². The van der Waals surface area contributed by atoms with Gasteiger partial charge in [-0.25, -0.2) is 0 Å². The molecule has 1 aromatic carbocycles. The Morgan fingerprint density at radius 1 is 1.20 bits per heavy atom. The smallest absolute Gasteiger partial charge is 0.0720 e. The van der Waals surface area contributed by atoms with E-state index in [1.165, 1.54) is 12.0 Å². The summed E-state index contributed by atoms with van der Waals surface area (Å²) in [5, 5.41) is 9.15. The molecule has 0 spiro atoms. The molecule has 1 fully saturated rings. The van der Waals surface area contributed by atoms with Crippen LogP contribution in [0.2, 0.25) is 0 Å². The number of hydrogen-bond donors (Lipinski definition) is 1. The molecule has 2 heteroatoms. The van der Waals surface area contributed by atoms with E-state index in [-0.39, 0.29) is 12.7 Å². The molecule has 0 aliphatic heterocycles. The van der Waals surface area contributed by atoms with Gasteiger partial charge < -0.3 is 9.84 Å². The van der Waals surface area contributed by atoms with Crippen LogP contribution in [0.25, 0.3) is 0 Å². The van der Waals surface area contributed by atoms with E-state index in [4.69, 9.17) is 9.84 Å². The van der Waals surface area contributed by atoms with Crippen LogP contribution in [0, 0.1) is 5.92 Å². The van der Waals surface area contributed by atoms with Crippen molar-refractivity contribution in [2.75, 3.05) is 6.61 Å². The Morgan fingerprint density at radius 2 is 2.00 bits per heavy atom. The monoisotopic (exact) mass is 206 g/mol. The lowest BCUT2D eigenvalue weighted by atomic mass is 10.1. The van der Waals surface area contributed by atoms with Gasteiger partial charge in [0.05, 0.1) is 12.7 Å². The van der Waals surface area contributed by atoms with E-state index in [1.54, 1.807) is 0 Å². The van der Waals surface area contributed by atoms with Crippen molar-refractivity contribution in [2.24, 2.45) is 5.92 Å². The van der Waals surface area contributed by atoms with E-state index in [0.717, 1.165) is 12.8 Å². The minimum Gasteiger partial charge on any atom is -0.396 e. The molecule has 1 aromatic rings. The molecule has 0 heterocycles. The summed E-state index contributed by atoms with van der Waals surface area (Å²) >= 11 is 0. The minimum atomic E-state index is 0.259. The van der Waals surface area contributed by atoms with Gasteiger partial charge in [0.25, 0.3) is 0 Å². The largest absolute Gasteiger partial charge is 0.396 e. The van der Waals surface area contributed by atoms with Gasteiger partial charge in [-0.3, -0.25) is 0 Å². The molecule has 2 nitrogen and oxygen atoms in total. The first kappa shape index (κ1) is 10.7. The highest BCUT2D eigenvalue weighted by atomic mass is 16.5. The summed E-state index contributed by atoms with van der Waals surface area (Å²) in [6, 6.07) is 10.2. The van der Waals surface area contributed by atoms with E-state index < -0.39 is 0 Å². The maximum Gasteiger partial charge on any atom is 0.0720 e. The molecule has 82 valence electrons. The predicted molar refractivity (Wildman–Crippen MR) is 59.4 cm³/mol. The van der Waals surface area contributed by atoms with Crippen molar-refractivity contribution in [3.05, 3.63) is 35.9 Å². The molecule has 0 amide bonds. The van der Waals surface area contributed by atoms with E-state index >= 15 is 0 Å². The van der Waals surface area contributed by atoms with Crippen LogP contribution in [0.15, 0.2) is 30.3 Å². The zero-order chi connectivity index (χ0) is 10.5. The van der Waals surface area contributed by atoms with Gasteiger partial charge in [-0.15, -0.1) is 0 Å². The Kier molecular flexibility index (Phi) is 3.75. The first-order valence-corrected chi connectivity index (χ1v) is 5.66. The molecule has 1 N–H and O–H groups in total. The van der Waals surface area contributed by atoms with Crippen LogP contribution in [-0.4, -0.2) is 17.8 Å². The third-order valence-corrected chi connectivity index (χ3v) is 3.13. The first-order valence-electron chi connectivity index (χ1n) is 5.66. The van der Waals surface area contributed by atoms with E-state index in [0.29, 0.717) is 12.5 Å². The van der Waals surface area contributed by atoms with Gasteiger partial charge in [0.2, 0.25) is 0 Å². The van der Waals surface area contributed by atoms with Crippen LogP contribution in [-0.2, 0) is 11.3 Å². The van der Waals surface area contributed by atoms with Crippen LogP contribution in [0.3, 0.4) is 0 Å². The maximum atomic E-state index is 9.15. The van der Waals surface area contributed by atoms with E-state index in [2.05, 4.69) is 12.1 Å². The van der Waals surface area contributed by atoms with Gasteiger partial charge in [-0.1, -0.05) is 36.8 Å². The van der Waals surface area contributed by atoms with Crippen molar-refractivity contribution in [1.29, 1.82) is 0 Å². The fourth-order valence-corrected chi connectivity index (χ4v) is 2.21. The third-order valence-electron chi connectivity index (χ3n) is 3.13. The predicted octanol–water partition coefficient (Wildman–Crippen LogP) is 2.36. The topological polar surface area (TPSA) is 29.5 Å². The average Bonchev–Trinajstić information content (AvgIpc) is 2.75. The van der Waals surface area contributed by atoms with Crippen LogP contribution in [0.5, 0.6) is 0 Å². The summed E-state index contributed by atoms with van der Waals surface area (Å²) < 4.78 is 5.83. The lowest BCUT2D eigenvalue weighted by molar-refractivity contribution is 0.000108. The second-order valence-corrected chi connectivity index (χ2v) is 4.21. The Balaban J connectivity index is 1.83. The normalized spacial score (nSPS) is 25.7. The molecule has 1 saturated carbocycles. The number of hydrogen-bond acceptors (Lipinski definition) is 2. The van der Waals surface area contributed by atoms with E-state index in [1.807, 2.05) is 18.2 Å². The summed E-state index contributed by atoms with van der Waals surface area (Å²) in [5.74, 6) is 0.355. The molecule has 0 aromatic heterocycles. The molecular weight excluding hydrogens is 188 g/mol. The van der Waals surface area contributed by atoms with Gasteiger partial charge in [0, 0.05) is 12.5 Å². The zero-order valence-electron chi connectivity index (χ0n) is 8.93. The minimum absolute atomic E-state index is 0.259. The second-order valence-electron chi connectivity index (χ2n) is 4.21. The summed E-state index contributed by atoms with van der Waals surface area (Å²) in [7, 11) is 0. The molecule has 15 heavy (non-hydrogen) atoms. The molecule has 0 saturated heterocycles. The highest BCUT2D eigenvalue weighted by Gasteiger charge is 2.26. The average molecular weight is 206 g/mol. The Morgan fingerprint density at radius 3 is 2.73 bits per heavy atom. The summed E-state index contributed by atoms with van der Waals surface area (Å²) in [5.41, 5.74) is 1.21. The molecule has 0 radical (unpaired) electrons. The summed E-state index contributed by atoms with van der Waals surface area (Å²) in [6.45, 7) is 0.932. The van der Waals surface area contributed by atoms with E-state index in [9.17, 15) is 0 Å². The number of rotatable bonds is 4. The van der Waals surface area contributed by atoms with Gasteiger partial charge in [0.1, 0.15) is 0 Å². The zero-order valence-corrected chi connectivity index (χ0v) is 8.93. The van der Waals surface area contributed by atoms with Crippen LogP contribution >= 0.6 is 0 Å². The van der Waals surface area contributed by atoms with Crippen molar-refractivity contribution < 1.29 is 9.84 Å². The fraction of sp³-hybridized carbons (Fsp3) is 0.538. The maximum absolute atomic E-state index is 9.15. The SMILES string of the molecule is OC[C@@H]1CCCC1OCc1ccccc1. The quantitative estimate of drug-likeness (QED) is 0.819. The fourth-order valence-electron chi connectivity index (χ4n) is 2.21. The van der Waals surface area contributed by atoms with Crippen LogP contribution in [0.1, 0.15) is 24.8 Å². The Hall–Kier alpha value is -0.860. The molecule has 1 unspecified atom stereocenters. The van der Waals surface area contributed by atoms with Crippen molar-refractivity contribution in [3.8, 4) is 0 Å². The van der Waals surface area contributed by atoms with Crippen molar-refractivity contribution in [1.82, 2.24) is 0 Å². The highest BCUT2D eigenvalue weighted by molar-refractivity contribution is 5.13. The van der Waals surface area contributed by atoms with Crippen molar-refractivity contribution in [3.63, 3.8) is 0 Å². The van der Waals surface area contributed by atoms with Crippen molar-refractivity contribution >= 4 is 0 Å². The first-order chi connectivity index (χ1) is 7.40. The third kappa shape index (κ3) is 2.80.